The maximum Gasteiger partial charge on any atom is 0.164 e. The molecular weight excluding hydrogens is 298 g/mol. The Morgan fingerprint density at radius 2 is 2.23 bits per heavy atom. The number of aromatic nitrogens is 3. The smallest absolute Gasteiger partial charge is 0.164 e. The maximum atomic E-state index is 6.16. The van der Waals surface area contributed by atoms with E-state index in [0.717, 1.165) is 48.5 Å². The van der Waals surface area contributed by atoms with Crippen molar-refractivity contribution >= 4 is 22.8 Å². The maximum absolute atomic E-state index is 6.16. The van der Waals surface area contributed by atoms with Crippen molar-refractivity contribution in [2.75, 3.05) is 6.61 Å². The van der Waals surface area contributed by atoms with Crippen LogP contribution in [0.3, 0.4) is 0 Å². The van der Waals surface area contributed by atoms with Crippen LogP contribution >= 0.6 is 11.6 Å². The molecule has 4 rings (SSSR count). The van der Waals surface area contributed by atoms with Crippen molar-refractivity contribution in [1.29, 1.82) is 0 Å². The van der Waals surface area contributed by atoms with E-state index in [-0.39, 0.29) is 6.10 Å². The van der Waals surface area contributed by atoms with Crippen molar-refractivity contribution in [1.82, 2.24) is 14.5 Å². The van der Waals surface area contributed by atoms with Gasteiger partial charge in [-0.15, -0.1) is 0 Å². The van der Waals surface area contributed by atoms with Crippen molar-refractivity contribution < 1.29 is 4.74 Å². The summed E-state index contributed by atoms with van der Waals surface area (Å²) in [5, 5.41) is 0.707. The van der Waals surface area contributed by atoms with Gasteiger partial charge in [0.15, 0.2) is 5.65 Å². The van der Waals surface area contributed by atoms with Crippen molar-refractivity contribution in [2.24, 2.45) is 0 Å². The quantitative estimate of drug-likeness (QED) is 0.738. The molecule has 1 atom stereocenters. The molecule has 0 amide bonds. The third-order valence-corrected chi connectivity index (χ3v) is 4.22. The van der Waals surface area contributed by atoms with Gasteiger partial charge < -0.3 is 4.74 Å². The first-order valence-electron chi connectivity index (χ1n) is 7.51. The highest BCUT2D eigenvalue weighted by Gasteiger charge is 2.21. The minimum atomic E-state index is 0.245. The third-order valence-electron chi connectivity index (χ3n) is 3.99. The fourth-order valence-corrected chi connectivity index (χ4v) is 3.18. The number of rotatable bonds is 3. The highest BCUT2D eigenvalue weighted by atomic mass is 35.5. The Bertz CT molecular complexity index is 809. The van der Waals surface area contributed by atoms with Crippen LogP contribution < -0.4 is 0 Å². The van der Waals surface area contributed by atoms with E-state index in [0.29, 0.717) is 5.02 Å². The summed E-state index contributed by atoms with van der Waals surface area (Å²) in [6.07, 6.45) is 5.05. The SMILES string of the molecule is Clc1cccc(-n2c(CC3CCCO3)nc3cccnc32)c1. The molecule has 1 aliphatic rings. The van der Waals surface area contributed by atoms with Crippen LogP contribution in [-0.2, 0) is 11.2 Å². The van der Waals surface area contributed by atoms with Crippen LogP contribution in [-0.4, -0.2) is 27.2 Å². The molecule has 112 valence electrons. The van der Waals surface area contributed by atoms with Gasteiger partial charge in [-0.2, -0.15) is 0 Å². The summed E-state index contributed by atoms with van der Waals surface area (Å²) in [4.78, 5) is 9.26. The van der Waals surface area contributed by atoms with Gasteiger partial charge in [0.25, 0.3) is 0 Å². The Hall–Kier alpha value is -1.91. The molecule has 0 radical (unpaired) electrons. The number of hydrogen-bond acceptors (Lipinski definition) is 3. The van der Waals surface area contributed by atoms with Crippen LogP contribution in [0.2, 0.25) is 5.02 Å². The van der Waals surface area contributed by atoms with Gasteiger partial charge in [0.1, 0.15) is 11.3 Å². The molecule has 0 spiro atoms. The van der Waals surface area contributed by atoms with Gasteiger partial charge in [0.05, 0.1) is 11.8 Å². The van der Waals surface area contributed by atoms with Gasteiger partial charge in [-0.05, 0) is 43.2 Å². The largest absolute Gasteiger partial charge is 0.378 e. The monoisotopic (exact) mass is 313 g/mol. The van der Waals surface area contributed by atoms with Gasteiger partial charge in [-0.25, -0.2) is 9.97 Å². The average molecular weight is 314 g/mol. The van der Waals surface area contributed by atoms with Crippen molar-refractivity contribution in [3.05, 3.63) is 53.4 Å². The lowest BCUT2D eigenvalue weighted by Gasteiger charge is -2.12. The van der Waals surface area contributed by atoms with E-state index in [9.17, 15) is 0 Å². The van der Waals surface area contributed by atoms with E-state index < -0.39 is 0 Å². The van der Waals surface area contributed by atoms with E-state index in [1.807, 2.05) is 36.4 Å². The lowest BCUT2D eigenvalue weighted by Crippen LogP contribution is -2.13. The van der Waals surface area contributed by atoms with Gasteiger partial charge in [0.2, 0.25) is 0 Å². The molecule has 22 heavy (non-hydrogen) atoms. The number of halogens is 1. The van der Waals surface area contributed by atoms with Crippen LogP contribution in [0, 0.1) is 0 Å². The van der Waals surface area contributed by atoms with E-state index in [4.69, 9.17) is 21.3 Å². The fraction of sp³-hybridized carbons (Fsp3) is 0.294. The molecule has 4 nitrogen and oxygen atoms in total. The molecule has 3 aromatic rings. The first kappa shape index (κ1) is 13.7. The Morgan fingerprint density at radius 3 is 3.05 bits per heavy atom. The molecule has 1 aliphatic heterocycles. The van der Waals surface area contributed by atoms with Crippen LogP contribution in [0.4, 0.5) is 0 Å². The van der Waals surface area contributed by atoms with Gasteiger partial charge in [-0.1, -0.05) is 17.7 Å². The number of nitrogens with zero attached hydrogens (tertiary/aromatic N) is 3. The molecule has 5 heteroatoms. The number of pyridine rings is 1. The second-order valence-corrected chi connectivity index (χ2v) is 5.97. The topological polar surface area (TPSA) is 39.9 Å². The fourth-order valence-electron chi connectivity index (χ4n) is 2.99. The lowest BCUT2D eigenvalue weighted by atomic mass is 10.2. The molecule has 0 bridgehead atoms. The molecule has 1 fully saturated rings. The summed E-state index contributed by atoms with van der Waals surface area (Å²) in [6, 6.07) is 11.7. The highest BCUT2D eigenvalue weighted by molar-refractivity contribution is 6.30. The Kier molecular flexibility index (Phi) is 3.56. The minimum absolute atomic E-state index is 0.245. The molecule has 1 unspecified atom stereocenters. The van der Waals surface area contributed by atoms with Crippen molar-refractivity contribution in [3.63, 3.8) is 0 Å². The third kappa shape index (κ3) is 2.49. The summed E-state index contributed by atoms with van der Waals surface area (Å²) in [5.74, 6) is 0.975. The number of fused-ring (bicyclic) bond motifs is 1. The highest BCUT2D eigenvalue weighted by Crippen LogP contribution is 2.25. The summed E-state index contributed by atoms with van der Waals surface area (Å²) in [5.41, 5.74) is 2.75. The first-order chi connectivity index (χ1) is 10.8. The molecule has 1 saturated heterocycles. The number of hydrogen-bond donors (Lipinski definition) is 0. The van der Waals surface area contributed by atoms with Gasteiger partial charge >= 0.3 is 0 Å². The normalized spacial score (nSPS) is 18.1. The number of benzene rings is 1. The second kappa shape index (κ2) is 5.71. The summed E-state index contributed by atoms with van der Waals surface area (Å²) < 4.78 is 7.85. The minimum Gasteiger partial charge on any atom is -0.378 e. The van der Waals surface area contributed by atoms with Crippen LogP contribution in [0.15, 0.2) is 42.6 Å². The molecule has 0 N–H and O–H groups in total. The van der Waals surface area contributed by atoms with E-state index in [2.05, 4.69) is 9.55 Å². The van der Waals surface area contributed by atoms with Crippen LogP contribution in [0.5, 0.6) is 0 Å². The summed E-state index contributed by atoms with van der Waals surface area (Å²) >= 11 is 6.16. The zero-order valence-electron chi connectivity index (χ0n) is 12.1. The van der Waals surface area contributed by atoms with Gasteiger partial charge in [0, 0.05) is 24.2 Å². The van der Waals surface area contributed by atoms with E-state index >= 15 is 0 Å². The Balaban J connectivity index is 1.85. The predicted octanol–water partition coefficient (Wildman–Crippen LogP) is 3.80. The van der Waals surface area contributed by atoms with E-state index in [1.54, 1.807) is 6.20 Å². The molecule has 0 saturated carbocycles. The molecule has 0 aliphatic carbocycles. The zero-order valence-corrected chi connectivity index (χ0v) is 12.8. The summed E-state index contributed by atoms with van der Waals surface area (Å²) in [6.45, 7) is 0.848. The van der Waals surface area contributed by atoms with Crippen molar-refractivity contribution in [2.45, 2.75) is 25.4 Å². The summed E-state index contributed by atoms with van der Waals surface area (Å²) in [7, 11) is 0. The Labute approximate surface area is 133 Å². The molecule has 3 heterocycles. The van der Waals surface area contributed by atoms with Crippen LogP contribution in [0.1, 0.15) is 18.7 Å². The standard InChI is InChI=1S/C17H16ClN3O/c18-12-4-1-5-13(10-12)21-16(11-14-6-3-9-22-14)20-15-7-2-8-19-17(15)21/h1-2,4-5,7-8,10,14H,3,6,9,11H2. The lowest BCUT2D eigenvalue weighted by molar-refractivity contribution is 0.109. The Morgan fingerprint density at radius 1 is 1.27 bits per heavy atom. The van der Waals surface area contributed by atoms with E-state index in [1.165, 1.54) is 0 Å². The second-order valence-electron chi connectivity index (χ2n) is 5.53. The zero-order chi connectivity index (χ0) is 14.9. The predicted molar refractivity (Wildman–Crippen MR) is 86.6 cm³/mol. The first-order valence-corrected chi connectivity index (χ1v) is 7.89. The molecule has 2 aromatic heterocycles. The van der Waals surface area contributed by atoms with Crippen LogP contribution in [0.25, 0.3) is 16.9 Å². The molecule has 1 aromatic carbocycles. The number of imidazole rings is 1. The molecular formula is C17H16ClN3O. The average Bonchev–Trinajstić information content (AvgIpc) is 3.14. The van der Waals surface area contributed by atoms with Crippen molar-refractivity contribution in [3.8, 4) is 5.69 Å². The van der Waals surface area contributed by atoms with Gasteiger partial charge in [-0.3, -0.25) is 4.57 Å². The number of ether oxygens (including phenoxy) is 1.